The van der Waals surface area contributed by atoms with Gasteiger partial charge in [-0.1, -0.05) is 44.7 Å². The third-order valence-electron chi connectivity index (χ3n) is 2.91. The number of nitrogens with one attached hydrogen (secondary N) is 1. The summed E-state index contributed by atoms with van der Waals surface area (Å²) in [6, 6.07) is 10.6. The summed E-state index contributed by atoms with van der Waals surface area (Å²) in [4.78, 5) is 9.84. The number of benzene rings is 1. The number of aromatic nitrogens is 2. The van der Waals surface area contributed by atoms with E-state index in [0.717, 1.165) is 11.6 Å². The normalized spacial score (nSPS) is 11.4. The topological polar surface area (TPSA) is 37.8 Å². The van der Waals surface area contributed by atoms with Crippen LogP contribution < -0.4 is 5.32 Å². The van der Waals surface area contributed by atoms with Crippen molar-refractivity contribution in [2.45, 2.75) is 43.0 Å². The molecule has 0 aliphatic rings. The van der Waals surface area contributed by atoms with Gasteiger partial charge in [0, 0.05) is 17.6 Å². The number of nitrogens with zero attached hydrogens (tertiary/aromatic N) is 2. The highest BCUT2D eigenvalue weighted by Crippen LogP contribution is 2.29. The summed E-state index contributed by atoms with van der Waals surface area (Å²) in [6.07, 6.45) is 1.79. The smallest absolute Gasteiger partial charge is 0.223 e. The molecule has 0 radical (unpaired) electrons. The summed E-state index contributed by atoms with van der Waals surface area (Å²) in [6.45, 7) is 9.54. The Labute approximate surface area is 125 Å². The molecule has 0 aliphatic heterocycles. The molecule has 0 unspecified atom stereocenters. The van der Waals surface area contributed by atoms with Gasteiger partial charge in [-0.25, -0.2) is 9.97 Å². The van der Waals surface area contributed by atoms with Crippen LogP contribution in [0.3, 0.4) is 0 Å². The summed E-state index contributed by atoms with van der Waals surface area (Å²) in [5, 5.41) is 4.08. The maximum absolute atomic E-state index is 4.47. The van der Waals surface area contributed by atoms with E-state index in [1.165, 1.54) is 10.5 Å². The zero-order valence-corrected chi connectivity index (χ0v) is 13.3. The average Bonchev–Trinajstić information content (AvgIpc) is 2.39. The van der Waals surface area contributed by atoms with E-state index >= 15 is 0 Å². The van der Waals surface area contributed by atoms with Gasteiger partial charge in [0.05, 0.1) is 0 Å². The molecule has 2 aromatic rings. The quantitative estimate of drug-likeness (QED) is 0.848. The number of hydrogen-bond donors (Lipinski definition) is 1. The summed E-state index contributed by atoms with van der Waals surface area (Å²) in [7, 11) is 0. The van der Waals surface area contributed by atoms with Crippen LogP contribution in [-0.4, -0.2) is 16.5 Å². The monoisotopic (exact) mass is 287 g/mol. The van der Waals surface area contributed by atoms with Crippen LogP contribution in [0.4, 0.5) is 5.95 Å². The SMILES string of the molecule is CCNc1nccc(Sc2ccc(C(C)(C)C)cc2)n1. The first-order valence-corrected chi connectivity index (χ1v) is 7.66. The van der Waals surface area contributed by atoms with Gasteiger partial charge in [0.1, 0.15) is 5.03 Å². The summed E-state index contributed by atoms with van der Waals surface area (Å²) in [5.41, 5.74) is 1.54. The van der Waals surface area contributed by atoms with Gasteiger partial charge in [-0.15, -0.1) is 0 Å². The van der Waals surface area contributed by atoms with Crippen molar-refractivity contribution < 1.29 is 0 Å². The number of anilines is 1. The van der Waals surface area contributed by atoms with Crippen molar-refractivity contribution in [3.05, 3.63) is 42.1 Å². The largest absolute Gasteiger partial charge is 0.354 e. The maximum atomic E-state index is 4.47. The van der Waals surface area contributed by atoms with Crippen LogP contribution in [0.2, 0.25) is 0 Å². The maximum Gasteiger partial charge on any atom is 0.223 e. The molecule has 1 aromatic heterocycles. The second-order valence-corrected chi connectivity index (χ2v) is 6.72. The molecule has 1 aromatic carbocycles. The zero-order chi connectivity index (χ0) is 14.6. The molecule has 0 bridgehead atoms. The highest BCUT2D eigenvalue weighted by Gasteiger charge is 2.13. The Morgan fingerprint density at radius 3 is 2.40 bits per heavy atom. The van der Waals surface area contributed by atoms with E-state index < -0.39 is 0 Å². The van der Waals surface area contributed by atoms with E-state index in [1.54, 1.807) is 18.0 Å². The second kappa shape index (κ2) is 6.27. The lowest BCUT2D eigenvalue weighted by molar-refractivity contribution is 0.590. The molecule has 4 heteroatoms. The minimum atomic E-state index is 0.191. The Hall–Kier alpha value is -1.55. The first kappa shape index (κ1) is 14.9. The summed E-state index contributed by atoms with van der Waals surface area (Å²) >= 11 is 1.66. The fraction of sp³-hybridized carbons (Fsp3) is 0.375. The minimum absolute atomic E-state index is 0.191. The van der Waals surface area contributed by atoms with Crippen molar-refractivity contribution in [2.24, 2.45) is 0 Å². The Morgan fingerprint density at radius 1 is 1.10 bits per heavy atom. The lowest BCUT2D eigenvalue weighted by Gasteiger charge is -2.19. The van der Waals surface area contributed by atoms with Gasteiger partial charge in [-0.3, -0.25) is 0 Å². The molecule has 3 nitrogen and oxygen atoms in total. The fourth-order valence-corrected chi connectivity index (χ4v) is 2.56. The predicted molar refractivity (Wildman–Crippen MR) is 85.5 cm³/mol. The molecule has 20 heavy (non-hydrogen) atoms. The first-order valence-electron chi connectivity index (χ1n) is 6.84. The molecule has 0 fully saturated rings. The van der Waals surface area contributed by atoms with E-state index in [4.69, 9.17) is 0 Å². The summed E-state index contributed by atoms with van der Waals surface area (Å²) in [5.74, 6) is 0.684. The highest BCUT2D eigenvalue weighted by molar-refractivity contribution is 7.99. The van der Waals surface area contributed by atoms with Crippen molar-refractivity contribution in [1.29, 1.82) is 0 Å². The van der Waals surface area contributed by atoms with Crippen LogP contribution in [0.15, 0.2) is 46.5 Å². The van der Waals surface area contributed by atoms with Crippen LogP contribution >= 0.6 is 11.8 Å². The van der Waals surface area contributed by atoms with Gasteiger partial charge in [-0.2, -0.15) is 0 Å². The van der Waals surface area contributed by atoms with Gasteiger partial charge >= 0.3 is 0 Å². The van der Waals surface area contributed by atoms with Crippen molar-refractivity contribution in [2.75, 3.05) is 11.9 Å². The highest BCUT2D eigenvalue weighted by atomic mass is 32.2. The molecule has 2 rings (SSSR count). The molecule has 0 atom stereocenters. The van der Waals surface area contributed by atoms with E-state index in [9.17, 15) is 0 Å². The van der Waals surface area contributed by atoms with Gasteiger partial charge in [-0.05, 0) is 36.1 Å². The first-order chi connectivity index (χ1) is 9.49. The Kier molecular flexibility index (Phi) is 4.65. The van der Waals surface area contributed by atoms with E-state index in [1.807, 2.05) is 13.0 Å². The molecule has 0 amide bonds. The van der Waals surface area contributed by atoms with Crippen molar-refractivity contribution in [3.63, 3.8) is 0 Å². The van der Waals surface area contributed by atoms with Crippen LogP contribution in [0, 0.1) is 0 Å². The van der Waals surface area contributed by atoms with Crippen LogP contribution in [0.5, 0.6) is 0 Å². The minimum Gasteiger partial charge on any atom is -0.354 e. The van der Waals surface area contributed by atoms with Crippen LogP contribution in [0.1, 0.15) is 33.3 Å². The molecule has 1 heterocycles. The fourth-order valence-electron chi connectivity index (χ4n) is 1.79. The van der Waals surface area contributed by atoms with E-state index in [0.29, 0.717) is 5.95 Å². The molecule has 0 saturated carbocycles. The third kappa shape index (κ3) is 3.97. The van der Waals surface area contributed by atoms with Crippen molar-refractivity contribution in [3.8, 4) is 0 Å². The predicted octanol–water partition coefficient (Wildman–Crippen LogP) is 4.36. The zero-order valence-electron chi connectivity index (χ0n) is 12.5. The van der Waals surface area contributed by atoms with Gasteiger partial charge < -0.3 is 5.32 Å². The van der Waals surface area contributed by atoms with Crippen molar-refractivity contribution in [1.82, 2.24) is 9.97 Å². The Bertz CT molecular complexity index is 559. The lowest BCUT2D eigenvalue weighted by atomic mass is 9.87. The van der Waals surface area contributed by atoms with Crippen molar-refractivity contribution >= 4 is 17.7 Å². The van der Waals surface area contributed by atoms with Gasteiger partial charge in [0.15, 0.2) is 0 Å². The number of hydrogen-bond acceptors (Lipinski definition) is 4. The van der Waals surface area contributed by atoms with Crippen LogP contribution in [0.25, 0.3) is 0 Å². The molecular weight excluding hydrogens is 266 g/mol. The molecule has 0 aliphatic carbocycles. The Morgan fingerprint density at radius 2 is 1.80 bits per heavy atom. The molecule has 1 N–H and O–H groups in total. The summed E-state index contributed by atoms with van der Waals surface area (Å²) < 4.78 is 0. The van der Waals surface area contributed by atoms with Crippen LogP contribution in [-0.2, 0) is 5.41 Å². The lowest BCUT2D eigenvalue weighted by Crippen LogP contribution is -2.10. The van der Waals surface area contributed by atoms with Gasteiger partial charge in [0.2, 0.25) is 5.95 Å². The molecule has 0 saturated heterocycles. The second-order valence-electron chi connectivity index (χ2n) is 5.63. The standard InChI is InChI=1S/C16H21N3S/c1-5-17-15-18-11-10-14(19-15)20-13-8-6-12(7-9-13)16(2,3)4/h6-11H,5H2,1-4H3,(H,17,18,19). The number of rotatable bonds is 4. The average molecular weight is 287 g/mol. The van der Waals surface area contributed by atoms with E-state index in [2.05, 4.69) is 60.3 Å². The molecule has 106 valence electrons. The van der Waals surface area contributed by atoms with E-state index in [-0.39, 0.29) is 5.41 Å². The molecule has 0 spiro atoms. The van der Waals surface area contributed by atoms with Gasteiger partial charge in [0.25, 0.3) is 0 Å². The molecular formula is C16H21N3S. The Balaban J connectivity index is 2.12. The third-order valence-corrected chi connectivity index (χ3v) is 3.85.